The van der Waals surface area contributed by atoms with Gasteiger partial charge in [0.15, 0.2) is 11.5 Å². The number of methoxy groups -OCH3 is 4. The second-order valence-electron chi connectivity index (χ2n) is 6.96. The van der Waals surface area contributed by atoms with E-state index in [0.717, 1.165) is 0 Å². The number of nitrogens with zero attached hydrogens (tertiary/aromatic N) is 2. The van der Waals surface area contributed by atoms with Crippen LogP contribution < -0.4 is 24.8 Å². The van der Waals surface area contributed by atoms with Gasteiger partial charge in [-0.2, -0.15) is 5.26 Å². The molecule has 0 unspecified atom stereocenters. The summed E-state index contributed by atoms with van der Waals surface area (Å²) in [6, 6.07) is 12.0. The molecule has 3 rings (SSSR count). The highest BCUT2D eigenvalue weighted by atomic mass is 16.5. The number of amides is 2. The number of hydrogen-bond donors (Lipinski definition) is 2. The average molecular weight is 464 g/mol. The third kappa shape index (κ3) is 4.84. The predicted molar refractivity (Wildman–Crippen MR) is 124 cm³/mol. The Morgan fingerprint density at radius 1 is 1.00 bits per heavy atom. The van der Waals surface area contributed by atoms with E-state index in [-0.39, 0.29) is 29.2 Å². The quantitative estimate of drug-likeness (QED) is 0.346. The molecule has 10 heteroatoms. The van der Waals surface area contributed by atoms with Gasteiger partial charge in [0.05, 0.1) is 33.6 Å². The Labute approximate surface area is 196 Å². The third-order valence-electron chi connectivity index (χ3n) is 4.99. The Hall–Kier alpha value is -4.36. The average Bonchev–Trinajstić information content (AvgIpc) is 3.21. The van der Waals surface area contributed by atoms with Crippen molar-refractivity contribution < 1.29 is 28.5 Å². The fourth-order valence-corrected chi connectivity index (χ4v) is 3.37. The molecule has 0 aromatic heterocycles. The van der Waals surface area contributed by atoms with Gasteiger partial charge in [-0.3, -0.25) is 9.59 Å². The number of carbonyl (C=O) groups excluding carboxylic acids is 2. The summed E-state index contributed by atoms with van der Waals surface area (Å²) >= 11 is 0. The second kappa shape index (κ2) is 11.0. The lowest BCUT2D eigenvalue weighted by atomic mass is 10.0. The molecule has 10 nitrogen and oxygen atoms in total. The highest BCUT2D eigenvalue weighted by Gasteiger charge is 2.27. The molecule has 1 aliphatic rings. The van der Waals surface area contributed by atoms with Gasteiger partial charge in [0, 0.05) is 30.3 Å². The van der Waals surface area contributed by atoms with Crippen LogP contribution >= 0.6 is 0 Å². The van der Waals surface area contributed by atoms with Gasteiger partial charge in [0.2, 0.25) is 5.75 Å². The third-order valence-corrected chi connectivity index (χ3v) is 4.99. The number of hydrogen-bond acceptors (Lipinski definition) is 8. The first-order valence-corrected chi connectivity index (χ1v) is 10.2. The number of amidine groups is 1. The van der Waals surface area contributed by atoms with E-state index in [1.54, 1.807) is 24.3 Å². The minimum absolute atomic E-state index is 0.166. The summed E-state index contributed by atoms with van der Waals surface area (Å²) in [5, 5.41) is 15.0. The molecule has 2 amide bonds. The summed E-state index contributed by atoms with van der Waals surface area (Å²) in [6.45, 7) is 0.541. The molecule has 0 bridgehead atoms. The Kier molecular flexibility index (Phi) is 7.84. The van der Waals surface area contributed by atoms with Crippen LogP contribution in [0.2, 0.25) is 0 Å². The summed E-state index contributed by atoms with van der Waals surface area (Å²) in [5.74, 6) is 0.138. The highest BCUT2D eigenvalue weighted by molar-refractivity contribution is 6.20. The van der Waals surface area contributed by atoms with E-state index >= 15 is 0 Å². The van der Waals surface area contributed by atoms with E-state index in [1.807, 2.05) is 6.07 Å². The first-order chi connectivity index (χ1) is 16.5. The zero-order valence-electron chi connectivity index (χ0n) is 19.2. The molecule has 176 valence electrons. The summed E-state index contributed by atoms with van der Waals surface area (Å²) in [6.07, 6.45) is 0. The highest BCUT2D eigenvalue weighted by Crippen LogP contribution is 2.38. The van der Waals surface area contributed by atoms with E-state index in [0.29, 0.717) is 35.0 Å². The van der Waals surface area contributed by atoms with Crippen LogP contribution in [0.1, 0.15) is 21.5 Å². The molecule has 0 atom stereocenters. The van der Waals surface area contributed by atoms with Crippen molar-refractivity contribution >= 4 is 23.3 Å². The number of aliphatic imine (C=N–C) groups is 1. The smallest absolute Gasteiger partial charge is 0.264 e. The fraction of sp³-hybridized carbons (Fsp3) is 0.250. The zero-order chi connectivity index (χ0) is 24.7. The zero-order valence-corrected chi connectivity index (χ0v) is 19.2. The van der Waals surface area contributed by atoms with Crippen LogP contribution in [0.4, 0.5) is 0 Å². The van der Waals surface area contributed by atoms with E-state index in [9.17, 15) is 14.9 Å². The molecule has 2 N–H and O–H groups in total. The number of ether oxygens (including phenoxy) is 4. The van der Waals surface area contributed by atoms with Crippen LogP contribution in [0, 0.1) is 11.3 Å². The number of rotatable bonds is 8. The van der Waals surface area contributed by atoms with Crippen LogP contribution in [0.5, 0.6) is 17.2 Å². The first-order valence-electron chi connectivity index (χ1n) is 10.2. The first kappa shape index (κ1) is 24.3. The number of nitriles is 1. The van der Waals surface area contributed by atoms with Crippen molar-refractivity contribution in [3.8, 4) is 23.3 Å². The molecule has 2 aromatic rings. The maximum atomic E-state index is 13.1. The summed E-state index contributed by atoms with van der Waals surface area (Å²) in [4.78, 5) is 30.1. The topological polar surface area (TPSA) is 131 Å². The second-order valence-corrected chi connectivity index (χ2v) is 6.96. The lowest BCUT2D eigenvalue weighted by molar-refractivity contribution is -0.117. The molecule has 0 saturated heterocycles. The van der Waals surface area contributed by atoms with Gasteiger partial charge in [-0.05, 0) is 12.1 Å². The Morgan fingerprint density at radius 3 is 2.21 bits per heavy atom. The van der Waals surface area contributed by atoms with Crippen molar-refractivity contribution in [2.24, 2.45) is 4.99 Å². The van der Waals surface area contributed by atoms with Gasteiger partial charge in [-0.1, -0.05) is 24.3 Å². The lowest BCUT2D eigenvalue weighted by Gasteiger charge is -2.14. The monoisotopic (exact) mass is 464 g/mol. The maximum absolute atomic E-state index is 13.1. The maximum Gasteiger partial charge on any atom is 0.264 e. The van der Waals surface area contributed by atoms with Crippen molar-refractivity contribution in [1.82, 2.24) is 10.6 Å². The minimum Gasteiger partial charge on any atom is -0.493 e. The van der Waals surface area contributed by atoms with Crippen LogP contribution in [-0.4, -0.2) is 59.2 Å². The van der Waals surface area contributed by atoms with Crippen molar-refractivity contribution in [2.45, 2.75) is 0 Å². The molecule has 0 aliphatic carbocycles. The van der Waals surface area contributed by atoms with Crippen molar-refractivity contribution in [1.29, 1.82) is 5.26 Å². The van der Waals surface area contributed by atoms with Gasteiger partial charge < -0.3 is 29.6 Å². The summed E-state index contributed by atoms with van der Waals surface area (Å²) in [7, 11) is 5.88. The van der Waals surface area contributed by atoms with Crippen LogP contribution in [0.25, 0.3) is 5.70 Å². The minimum atomic E-state index is -0.578. The van der Waals surface area contributed by atoms with E-state index in [4.69, 9.17) is 18.9 Å². The van der Waals surface area contributed by atoms with Crippen molar-refractivity contribution in [3.63, 3.8) is 0 Å². The molecule has 0 saturated carbocycles. The van der Waals surface area contributed by atoms with E-state index < -0.39 is 11.8 Å². The predicted octanol–water partition coefficient (Wildman–Crippen LogP) is 1.90. The Bertz CT molecular complexity index is 1190. The molecule has 0 radical (unpaired) electrons. The van der Waals surface area contributed by atoms with E-state index in [1.165, 1.54) is 40.6 Å². The molecule has 1 heterocycles. The molecule has 2 aromatic carbocycles. The van der Waals surface area contributed by atoms with Gasteiger partial charge in [-0.25, -0.2) is 4.99 Å². The normalized spacial score (nSPS) is 13.2. The van der Waals surface area contributed by atoms with Crippen LogP contribution in [-0.2, 0) is 9.53 Å². The Balaban J connectivity index is 1.98. The largest absolute Gasteiger partial charge is 0.493 e. The number of fused-ring (bicyclic) bond motifs is 1. The molecule has 0 spiro atoms. The number of benzene rings is 2. The lowest BCUT2D eigenvalue weighted by Crippen LogP contribution is -2.30. The molecular weight excluding hydrogens is 440 g/mol. The standard InChI is InChI=1S/C24H24N4O6/c1-31-10-9-26-24(30)17(13-25)20-15-7-5-6-8-16(15)22(27-20)28-23(29)14-11-18(32-2)21(34-4)19(12-14)33-3/h5-8,11-12H,9-10H2,1-4H3,(H,26,30)(H,27,28,29). The number of nitrogens with one attached hydrogen (secondary N) is 2. The Morgan fingerprint density at radius 2 is 1.65 bits per heavy atom. The summed E-state index contributed by atoms with van der Waals surface area (Å²) in [5.41, 5.74) is 1.38. The molecule has 34 heavy (non-hydrogen) atoms. The SMILES string of the molecule is COCCNC(=O)C(C#N)=C1N=C(NC(=O)c2cc(OC)c(OC)c(OC)c2)c2ccccc21. The van der Waals surface area contributed by atoms with Crippen LogP contribution in [0.3, 0.4) is 0 Å². The van der Waals surface area contributed by atoms with Gasteiger partial charge in [-0.15, -0.1) is 0 Å². The fourth-order valence-electron chi connectivity index (χ4n) is 3.37. The van der Waals surface area contributed by atoms with Gasteiger partial charge in [0.1, 0.15) is 17.5 Å². The van der Waals surface area contributed by atoms with E-state index in [2.05, 4.69) is 15.6 Å². The molecule has 1 aliphatic heterocycles. The van der Waals surface area contributed by atoms with Crippen molar-refractivity contribution in [2.75, 3.05) is 41.6 Å². The van der Waals surface area contributed by atoms with Crippen molar-refractivity contribution in [3.05, 3.63) is 58.7 Å². The van der Waals surface area contributed by atoms with Crippen LogP contribution in [0.15, 0.2) is 47.0 Å². The van der Waals surface area contributed by atoms with Gasteiger partial charge >= 0.3 is 0 Å². The summed E-state index contributed by atoms with van der Waals surface area (Å²) < 4.78 is 20.8. The number of carbonyl (C=O) groups is 2. The van der Waals surface area contributed by atoms with Gasteiger partial charge in [0.25, 0.3) is 11.8 Å². The molecular formula is C24H24N4O6. The molecule has 0 fully saturated rings.